The summed E-state index contributed by atoms with van der Waals surface area (Å²) in [5.74, 6) is -1.47. The lowest BCUT2D eigenvalue weighted by Gasteiger charge is -2.28. The highest BCUT2D eigenvalue weighted by molar-refractivity contribution is 5.92. The van der Waals surface area contributed by atoms with Crippen LogP contribution in [-0.4, -0.2) is 19.5 Å². The van der Waals surface area contributed by atoms with Crippen LogP contribution in [-0.2, 0) is 11.2 Å². The Morgan fingerprint density at radius 1 is 1.23 bits per heavy atom. The number of nitrogens with one attached hydrogen (secondary N) is 1. The zero-order valence-corrected chi connectivity index (χ0v) is 14.9. The molecule has 1 heterocycles. The van der Waals surface area contributed by atoms with Gasteiger partial charge in [-0.15, -0.1) is 0 Å². The lowest BCUT2D eigenvalue weighted by atomic mass is 9.97. The van der Waals surface area contributed by atoms with Gasteiger partial charge in [-0.2, -0.15) is 0 Å². The maximum absolute atomic E-state index is 13.6. The maximum atomic E-state index is 13.6. The molecule has 2 aromatic rings. The van der Waals surface area contributed by atoms with Crippen LogP contribution < -0.4 is 10.2 Å². The highest BCUT2D eigenvalue weighted by Crippen LogP contribution is 2.29. The number of anilines is 1. The summed E-state index contributed by atoms with van der Waals surface area (Å²) >= 11 is 0. The fourth-order valence-electron chi connectivity index (χ4n) is 3.20. The zero-order valence-electron chi connectivity index (χ0n) is 14.9. The van der Waals surface area contributed by atoms with Gasteiger partial charge in [0, 0.05) is 30.9 Å². The van der Waals surface area contributed by atoms with Gasteiger partial charge in [0.15, 0.2) is 0 Å². The van der Waals surface area contributed by atoms with Crippen molar-refractivity contribution >= 4 is 17.7 Å². The van der Waals surface area contributed by atoms with Crippen LogP contribution in [0, 0.1) is 11.6 Å². The van der Waals surface area contributed by atoms with E-state index in [1.165, 1.54) is 23.4 Å². The molecule has 0 saturated carbocycles. The molecule has 5 heteroatoms. The van der Waals surface area contributed by atoms with E-state index in [1.54, 1.807) is 0 Å². The molecule has 0 aromatic heterocycles. The van der Waals surface area contributed by atoms with Crippen LogP contribution in [0.1, 0.15) is 36.1 Å². The van der Waals surface area contributed by atoms with Crippen molar-refractivity contribution in [3.63, 3.8) is 0 Å². The van der Waals surface area contributed by atoms with E-state index in [9.17, 15) is 13.6 Å². The predicted octanol–water partition coefficient (Wildman–Crippen LogP) is 4.24. The Balaban J connectivity index is 1.68. The molecule has 0 spiro atoms. The number of amides is 1. The highest BCUT2D eigenvalue weighted by atomic mass is 19.1. The van der Waals surface area contributed by atoms with Crippen LogP contribution >= 0.6 is 0 Å². The van der Waals surface area contributed by atoms with Crippen molar-refractivity contribution in [2.45, 2.75) is 25.8 Å². The van der Waals surface area contributed by atoms with Crippen molar-refractivity contribution in [3.05, 3.63) is 70.8 Å². The smallest absolute Gasteiger partial charge is 0.244 e. The average molecular weight is 356 g/mol. The molecule has 3 rings (SSSR count). The quantitative estimate of drug-likeness (QED) is 0.831. The number of aryl methyl sites for hydroxylation is 1. The van der Waals surface area contributed by atoms with Crippen molar-refractivity contribution < 1.29 is 13.6 Å². The molecular formula is C21H22F2N2O. The minimum Gasteiger partial charge on any atom is -0.374 e. The third kappa shape index (κ3) is 4.10. The Morgan fingerprint density at radius 3 is 2.85 bits per heavy atom. The summed E-state index contributed by atoms with van der Waals surface area (Å²) in [5.41, 5.74) is 3.58. The van der Waals surface area contributed by atoms with Gasteiger partial charge in [0.05, 0.1) is 6.04 Å². The number of hydrogen-bond acceptors (Lipinski definition) is 2. The van der Waals surface area contributed by atoms with Crippen LogP contribution in [0.3, 0.4) is 0 Å². The second-order valence-corrected chi connectivity index (χ2v) is 6.64. The van der Waals surface area contributed by atoms with Crippen LogP contribution in [0.25, 0.3) is 6.08 Å². The van der Waals surface area contributed by atoms with E-state index in [4.69, 9.17) is 0 Å². The normalized spacial score (nSPS) is 15.0. The topological polar surface area (TPSA) is 32.3 Å². The van der Waals surface area contributed by atoms with Gasteiger partial charge in [0.2, 0.25) is 5.91 Å². The Hall–Kier alpha value is -2.69. The van der Waals surface area contributed by atoms with Gasteiger partial charge in [-0.25, -0.2) is 8.78 Å². The predicted molar refractivity (Wildman–Crippen MR) is 100.0 cm³/mol. The molecule has 1 unspecified atom stereocenters. The molecule has 1 N–H and O–H groups in total. The molecule has 136 valence electrons. The lowest BCUT2D eigenvalue weighted by Crippen LogP contribution is -2.27. The Kier molecular flexibility index (Phi) is 5.35. The van der Waals surface area contributed by atoms with Crippen molar-refractivity contribution in [1.82, 2.24) is 5.32 Å². The summed E-state index contributed by atoms with van der Waals surface area (Å²) in [4.78, 5) is 14.4. The van der Waals surface area contributed by atoms with E-state index in [-0.39, 0.29) is 17.5 Å². The number of carbonyl (C=O) groups is 1. The Morgan fingerprint density at radius 2 is 2.04 bits per heavy atom. The first kappa shape index (κ1) is 18.1. The molecular weight excluding hydrogens is 334 g/mol. The van der Waals surface area contributed by atoms with Gasteiger partial charge in [-0.05, 0) is 61.2 Å². The number of fused-ring (bicyclic) bond motifs is 1. The minimum atomic E-state index is -0.568. The standard InChI is InChI=1S/C21H22F2N2O/c1-14(16-6-5-15-4-3-11-25(2)20(15)13-16)24-21(26)10-7-17-12-18(22)8-9-19(17)23/h5-10,12-14H,3-4,11H2,1-2H3,(H,24,26)/b10-7+. The molecule has 1 aliphatic rings. The fourth-order valence-corrected chi connectivity index (χ4v) is 3.20. The second-order valence-electron chi connectivity index (χ2n) is 6.64. The number of halogens is 2. The van der Waals surface area contributed by atoms with E-state index in [1.807, 2.05) is 13.0 Å². The molecule has 1 aliphatic heterocycles. The van der Waals surface area contributed by atoms with E-state index in [0.29, 0.717) is 0 Å². The van der Waals surface area contributed by atoms with E-state index < -0.39 is 11.6 Å². The largest absolute Gasteiger partial charge is 0.374 e. The van der Waals surface area contributed by atoms with Gasteiger partial charge in [0.1, 0.15) is 11.6 Å². The fraction of sp³-hybridized carbons (Fsp3) is 0.286. The van der Waals surface area contributed by atoms with Gasteiger partial charge in [0.25, 0.3) is 0 Å². The number of hydrogen-bond donors (Lipinski definition) is 1. The van der Waals surface area contributed by atoms with E-state index in [0.717, 1.165) is 43.1 Å². The Labute approximate surface area is 152 Å². The minimum absolute atomic E-state index is 0.0446. The third-order valence-corrected chi connectivity index (χ3v) is 4.69. The van der Waals surface area contributed by atoms with Crippen molar-refractivity contribution in [1.29, 1.82) is 0 Å². The van der Waals surface area contributed by atoms with Gasteiger partial charge >= 0.3 is 0 Å². The van der Waals surface area contributed by atoms with Crippen LogP contribution in [0.15, 0.2) is 42.5 Å². The van der Waals surface area contributed by atoms with Gasteiger partial charge in [-0.1, -0.05) is 12.1 Å². The molecule has 0 radical (unpaired) electrons. The number of nitrogens with zero attached hydrogens (tertiary/aromatic N) is 1. The molecule has 1 atom stereocenters. The molecule has 3 nitrogen and oxygen atoms in total. The number of carbonyl (C=O) groups excluding carboxylic acids is 1. The summed E-state index contributed by atoms with van der Waals surface area (Å²) in [6.07, 6.45) is 4.72. The monoisotopic (exact) mass is 356 g/mol. The zero-order chi connectivity index (χ0) is 18.7. The summed E-state index contributed by atoms with van der Waals surface area (Å²) < 4.78 is 26.8. The molecule has 26 heavy (non-hydrogen) atoms. The first-order chi connectivity index (χ1) is 12.4. The summed E-state index contributed by atoms with van der Waals surface area (Å²) in [5, 5.41) is 2.86. The van der Waals surface area contributed by atoms with Crippen molar-refractivity contribution in [2.24, 2.45) is 0 Å². The lowest BCUT2D eigenvalue weighted by molar-refractivity contribution is -0.117. The number of benzene rings is 2. The average Bonchev–Trinajstić information content (AvgIpc) is 2.62. The Bertz CT molecular complexity index is 848. The molecule has 0 fully saturated rings. The molecule has 1 amide bonds. The molecule has 2 aromatic carbocycles. The second kappa shape index (κ2) is 7.68. The van der Waals surface area contributed by atoms with E-state index >= 15 is 0 Å². The SMILES string of the molecule is CC(NC(=O)/C=C/c1cc(F)ccc1F)c1ccc2c(c1)N(C)CCC2. The molecule has 0 bridgehead atoms. The summed E-state index contributed by atoms with van der Waals surface area (Å²) in [6, 6.07) is 9.20. The molecule has 0 saturated heterocycles. The maximum Gasteiger partial charge on any atom is 0.244 e. The third-order valence-electron chi connectivity index (χ3n) is 4.69. The first-order valence-electron chi connectivity index (χ1n) is 8.71. The first-order valence-corrected chi connectivity index (χ1v) is 8.71. The van der Waals surface area contributed by atoms with Crippen LogP contribution in [0.2, 0.25) is 0 Å². The van der Waals surface area contributed by atoms with Gasteiger partial charge in [-0.3, -0.25) is 4.79 Å². The number of rotatable bonds is 4. The van der Waals surface area contributed by atoms with Crippen molar-refractivity contribution in [3.8, 4) is 0 Å². The molecule has 0 aliphatic carbocycles. The highest BCUT2D eigenvalue weighted by Gasteiger charge is 2.16. The van der Waals surface area contributed by atoms with Gasteiger partial charge < -0.3 is 10.2 Å². The van der Waals surface area contributed by atoms with Crippen molar-refractivity contribution in [2.75, 3.05) is 18.5 Å². The van der Waals surface area contributed by atoms with Crippen LogP contribution in [0.4, 0.5) is 14.5 Å². The van der Waals surface area contributed by atoms with Crippen LogP contribution in [0.5, 0.6) is 0 Å². The summed E-state index contributed by atoms with van der Waals surface area (Å²) in [6.45, 7) is 2.93. The van der Waals surface area contributed by atoms with E-state index in [2.05, 4.69) is 29.4 Å². The summed E-state index contributed by atoms with van der Waals surface area (Å²) in [7, 11) is 2.07.